The number of nitrogens with one attached hydrogen (secondary N) is 2. The van der Waals surface area contributed by atoms with Crippen LogP contribution in [0.3, 0.4) is 0 Å². The first kappa shape index (κ1) is 14.4. The van der Waals surface area contributed by atoms with E-state index in [0.29, 0.717) is 11.6 Å². The average molecular weight is 300 g/mol. The van der Waals surface area contributed by atoms with E-state index in [4.69, 9.17) is 0 Å². The highest BCUT2D eigenvalue weighted by Crippen LogP contribution is 2.47. The Bertz CT molecular complexity index is 682. The normalized spacial score (nSPS) is 19.6. The molecule has 2 atom stereocenters. The van der Waals surface area contributed by atoms with Gasteiger partial charge in [-0.15, -0.1) is 0 Å². The van der Waals surface area contributed by atoms with E-state index < -0.39 is 0 Å². The third-order valence-corrected chi connectivity index (χ3v) is 3.71. The lowest BCUT2D eigenvalue weighted by Crippen LogP contribution is -2.31. The van der Waals surface area contributed by atoms with E-state index >= 15 is 0 Å². The standard InChI is InChI=1S/C16H17FN4O/c1-9-7-15(19-10(2)18-9)20-21-16(22)14-8-13(14)11-3-5-12(17)6-4-11/h3-7,13-14H,8H2,1-2H3,(H,21,22)(H,18,19,20)/t13-,14-/m0/s1. The summed E-state index contributed by atoms with van der Waals surface area (Å²) in [6, 6.07) is 8.08. The van der Waals surface area contributed by atoms with Crippen LogP contribution < -0.4 is 10.9 Å². The van der Waals surface area contributed by atoms with Crippen LogP contribution in [-0.2, 0) is 4.79 Å². The Morgan fingerprint density at radius 3 is 2.64 bits per heavy atom. The SMILES string of the molecule is Cc1cc(NNC(=O)[C@H]2C[C@H]2c2ccc(F)cc2)nc(C)n1. The number of hydrazine groups is 1. The number of rotatable bonds is 4. The Morgan fingerprint density at radius 1 is 1.23 bits per heavy atom. The third kappa shape index (κ3) is 3.21. The highest BCUT2D eigenvalue weighted by molar-refractivity contribution is 5.83. The summed E-state index contributed by atoms with van der Waals surface area (Å²) in [6.07, 6.45) is 0.779. The van der Waals surface area contributed by atoms with Gasteiger partial charge >= 0.3 is 0 Å². The number of amides is 1. The van der Waals surface area contributed by atoms with Gasteiger partial charge in [-0.1, -0.05) is 12.1 Å². The second-order valence-corrected chi connectivity index (χ2v) is 5.56. The maximum absolute atomic E-state index is 12.9. The average Bonchev–Trinajstić information content (AvgIpc) is 3.25. The molecule has 1 aliphatic rings. The van der Waals surface area contributed by atoms with Crippen molar-refractivity contribution in [3.63, 3.8) is 0 Å². The summed E-state index contributed by atoms with van der Waals surface area (Å²) in [5.74, 6) is 0.952. The molecule has 0 bridgehead atoms. The molecule has 3 rings (SSSR count). The summed E-state index contributed by atoms with van der Waals surface area (Å²) in [6.45, 7) is 3.67. The van der Waals surface area contributed by atoms with Gasteiger partial charge in [0.05, 0.1) is 0 Å². The summed E-state index contributed by atoms with van der Waals surface area (Å²) in [4.78, 5) is 20.5. The number of hydrogen-bond donors (Lipinski definition) is 2. The maximum atomic E-state index is 12.9. The number of anilines is 1. The molecule has 1 saturated carbocycles. The Kier molecular flexibility index (Phi) is 3.75. The number of nitrogens with zero attached hydrogens (tertiary/aromatic N) is 2. The first-order valence-electron chi connectivity index (χ1n) is 7.16. The van der Waals surface area contributed by atoms with Crippen molar-refractivity contribution in [2.45, 2.75) is 26.2 Å². The molecule has 1 heterocycles. The molecule has 0 aliphatic heterocycles. The van der Waals surface area contributed by atoms with Crippen molar-refractivity contribution in [3.05, 3.63) is 53.2 Å². The lowest BCUT2D eigenvalue weighted by atomic mass is 10.1. The van der Waals surface area contributed by atoms with E-state index in [2.05, 4.69) is 20.8 Å². The van der Waals surface area contributed by atoms with Gasteiger partial charge in [0.15, 0.2) is 0 Å². The third-order valence-electron chi connectivity index (χ3n) is 3.71. The van der Waals surface area contributed by atoms with E-state index in [0.717, 1.165) is 17.7 Å². The van der Waals surface area contributed by atoms with Crippen LogP contribution in [0.2, 0.25) is 0 Å². The predicted octanol–water partition coefficient (Wildman–Crippen LogP) is 2.48. The maximum Gasteiger partial charge on any atom is 0.242 e. The van der Waals surface area contributed by atoms with Gasteiger partial charge in [-0.05, 0) is 43.9 Å². The fraction of sp³-hybridized carbons (Fsp3) is 0.312. The fourth-order valence-electron chi connectivity index (χ4n) is 2.56. The van der Waals surface area contributed by atoms with E-state index in [9.17, 15) is 9.18 Å². The van der Waals surface area contributed by atoms with Crippen LogP contribution in [0.1, 0.15) is 29.4 Å². The van der Waals surface area contributed by atoms with Crippen LogP contribution in [0, 0.1) is 25.6 Å². The lowest BCUT2D eigenvalue weighted by molar-refractivity contribution is -0.121. The summed E-state index contributed by atoms with van der Waals surface area (Å²) in [5.41, 5.74) is 7.32. The molecule has 2 N–H and O–H groups in total. The molecule has 114 valence electrons. The van der Waals surface area contributed by atoms with Gasteiger partial charge in [0.1, 0.15) is 17.5 Å². The minimum Gasteiger partial charge on any atom is -0.282 e. The molecule has 0 radical (unpaired) electrons. The lowest BCUT2D eigenvalue weighted by Gasteiger charge is -2.08. The minimum absolute atomic E-state index is 0.0803. The Labute approximate surface area is 128 Å². The van der Waals surface area contributed by atoms with E-state index in [-0.39, 0.29) is 23.6 Å². The predicted molar refractivity (Wildman–Crippen MR) is 80.5 cm³/mol. The van der Waals surface area contributed by atoms with Crippen molar-refractivity contribution in [2.75, 3.05) is 5.43 Å². The van der Waals surface area contributed by atoms with E-state index in [1.165, 1.54) is 12.1 Å². The van der Waals surface area contributed by atoms with Crippen LogP contribution in [0.25, 0.3) is 0 Å². The smallest absolute Gasteiger partial charge is 0.242 e. The molecule has 0 saturated heterocycles. The quantitative estimate of drug-likeness (QED) is 0.851. The topological polar surface area (TPSA) is 66.9 Å². The van der Waals surface area contributed by atoms with Gasteiger partial charge in [-0.3, -0.25) is 15.6 Å². The second kappa shape index (κ2) is 5.71. The number of aromatic nitrogens is 2. The molecule has 5 nitrogen and oxygen atoms in total. The zero-order valence-corrected chi connectivity index (χ0v) is 12.4. The second-order valence-electron chi connectivity index (χ2n) is 5.56. The summed E-state index contributed by atoms with van der Waals surface area (Å²) < 4.78 is 12.9. The number of carbonyl (C=O) groups is 1. The summed E-state index contributed by atoms with van der Waals surface area (Å²) >= 11 is 0. The molecule has 0 unspecified atom stereocenters. The zero-order chi connectivity index (χ0) is 15.7. The van der Waals surface area contributed by atoms with Gasteiger partial charge in [0, 0.05) is 17.7 Å². The molecule has 1 aromatic carbocycles. The van der Waals surface area contributed by atoms with Gasteiger partial charge in [0.25, 0.3) is 0 Å². The van der Waals surface area contributed by atoms with Crippen LogP contribution in [0.4, 0.5) is 10.2 Å². The van der Waals surface area contributed by atoms with Gasteiger partial charge in [-0.25, -0.2) is 14.4 Å². The van der Waals surface area contributed by atoms with Crippen molar-refractivity contribution >= 4 is 11.7 Å². The van der Waals surface area contributed by atoms with Crippen LogP contribution >= 0.6 is 0 Å². The molecular weight excluding hydrogens is 283 g/mol. The molecule has 1 amide bonds. The first-order valence-corrected chi connectivity index (χ1v) is 7.16. The number of benzene rings is 1. The fourth-order valence-corrected chi connectivity index (χ4v) is 2.56. The summed E-state index contributed by atoms with van der Waals surface area (Å²) in [7, 11) is 0. The number of carbonyl (C=O) groups excluding carboxylic acids is 1. The highest BCUT2D eigenvalue weighted by Gasteiger charge is 2.43. The molecule has 2 aromatic rings. The molecule has 6 heteroatoms. The minimum atomic E-state index is -0.262. The van der Waals surface area contributed by atoms with Crippen LogP contribution in [-0.4, -0.2) is 15.9 Å². The van der Waals surface area contributed by atoms with Crippen molar-refractivity contribution in [2.24, 2.45) is 5.92 Å². The monoisotopic (exact) mass is 300 g/mol. The zero-order valence-electron chi connectivity index (χ0n) is 12.4. The summed E-state index contributed by atoms with van der Waals surface area (Å²) in [5, 5.41) is 0. The molecule has 1 aliphatic carbocycles. The number of aryl methyl sites for hydroxylation is 2. The van der Waals surface area contributed by atoms with Crippen molar-refractivity contribution < 1.29 is 9.18 Å². The van der Waals surface area contributed by atoms with Gasteiger partial charge in [-0.2, -0.15) is 0 Å². The first-order chi connectivity index (χ1) is 10.5. The van der Waals surface area contributed by atoms with Crippen molar-refractivity contribution in [1.29, 1.82) is 0 Å². The Hall–Kier alpha value is -2.50. The van der Waals surface area contributed by atoms with Crippen LogP contribution in [0.5, 0.6) is 0 Å². The van der Waals surface area contributed by atoms with Crippen molar-refractivity contribution in [1.82, 2.24) is 15.4 Å². The highest BCUT2D eigenvalue weighted by atomic mass is 19.1. The molecule has 22 heavy (non-hydrogen) atoms. The van der Waals surface area contributed by atoms with Gasteiger partial charge in [0.2, 0.25) is 5.91 Å². The molecule has 1 aromatic heterocycles. The largest absolute Gasteiger partial charge is 0.282 e. The molecule has 0 spiro atoms. The number of hydrogen-bond acceptors (Lipinski definition) is 4. The van der Waals surface area contributed by atoms with Crippen LogP contribution in [0.15, 0.2) is 30.3 Å². The molecule has 1 fully saturated rings. The van der Waals surface area contributed by atoms with E-state index in [1.807, 2.05) is 6.92 Å². The van der Waals surface area contributed by atoms with Gasteiger partial charge < -0.3 is 0 Å². The van der Waals surface area contributed by atoms with Crippen molar-refractivity contribution in [3.8, 4) is 0 Å². The Morgan fingerprint density at radius 2 is 1.95 bits per heavy atom. The number of halogens is 1. The van der Waals surface area contributed by atoms with E-state index in [1.54, 1.807) is 25.1 Å². The Balaban J connectivity index is 1.56. The molecular formula is C16H17FN4O.